The third kappa shape index (κ3) is 26.4. The van der Waals surface area contributed by atoms with Crippen LogP contribution in [-0.2, 0) is 4.79 Å². The van der Waals surface area contributed by atoms with E-state index in [4.69, 9.17) is 7.85 Å². The Hall–Kier alpha value is -0.505. The number of nitrogens with zero attached hydrogens (tertiary/aromatic N) is 1. The van der Waals surface area contributed by atoms with E-state index in [1.807, 2.05) is 33.0 Å². The Morgan fingerprint density at radius 3 is 1.91 bits per heavy atom. The molecule has 0 heterocycles. The summed E-state index contributed by atoms with van der Waals surface area (Å²) in [4.78, 5) is 12.2. The zero-order valence-electron chi connectivity index (χ0n) is 7.85. The molecule has 2 radical (unpaired) electrons. The molecule has 4 heteroatoms. The quantitative estimate of drug-likeness (QED) is 0.565. The van der Waals surface area contributed by atoms with Gasteiger partial charge in [-0.1, -0.05) is 0 Å². The predicted molar refractivity (Wildman–Crippen MR) is 48.9 cm³/mol. The summed E-state index contributed by atoms with van der Waals surface area (Å²) < 4.78 is 0. The summed E-state index contributed by atoms with van der Waals surface area (Å²) in [5, 5.41) is 2.53. The summed E-state index contributed by atoms with van der Waals surface area (Å²) in [6.07, 6.45) is 0.0911. The molecule has 0 saturated carbocycles. The van der Waals surface area contributed by atoms with Crippen LogP contribution in [0.25, 0.3) is 0 Å². The van der Waals surface area contributed by atoms with Crippen molar-refractivity contribution in [3.05, 3.63) is 0 Å². The van der Waals surface area contributed by atoms with Gasteiger partial charge in [-0.3, -0.25) is 4.79 Å². The second kappa shape index (κ2) is 9.49. The van der Waals surface area contributed by atoms with Crippen LogP contribution < -0.4 is 5.32 Å². The zero-order chi connectivity index (χ0) is 9.28. The van der Waals surface area contributed by atoms with Crippen LogP contribution in [0.1, 0.15) is 6.92 Å². The first-order valence-electron chi connectivity index (χ1n) is 3.62. The number of carbonyl (C=O) groups is 1. The Morgan fingerprint density at radius 2 is 1.82 bits per heavy atom. The van der Waals surface area contributed by atoms with Crippen LogP contribution in [0.2, 0.25) is 6.32 Å². The molecular formula is C7H17BN2O. The Bertz CT molecular complexity index is 93.7. The van der Waals surface area contributed by atoms with Crippen LogP contribution in [0.15, 0.2) is 0 Å². The second-order valence-corrected chi connectivity index (χ2v) is 2.50. The van der Waals surface area contributed by atoms with Crippen molar-refractivity contribution in [2.45, 2.75) is 13.2 Å². The summed E-state index contributed by atoms with van der Waals surface area (Å²) in [6, 6.07) is 0. The normalized spacial score (nSPS) is 8.45. The Labute approximate surface area is 70.6 Å². The molecule has 11 heavy (non-hydrogen) atoms. The van der Waals surface area contributed by atoms with Gasteiger partial charge >= 0.3 is 0 Å². The van der Waals surface area contributed by atoms with Crippen molar-refractivity contribution in [3.8, 4) is 0 Å². The lowest BCUT2D eigenvalue weighted by Crippen LogP contribution is -2.21. The first kappa shape index (κ1) is 13.1. The van der Waals surface area contributed by atoms with Crippen molar-refractivity contribution in [1.29, 1.82) is 0 Å². The van der Waals surface area contributed by atoms with Crippen molar-refractivity contribution in [2.75, 3.05) is 27.7 Å². The van der Waals surface area contributed by atoms with E-state index in [0.29, 0.717) is 6.54 Å². The molecular weight excluding hydrogens is 139 g/mol. The fraction of sp³-hybridized carbons (Fsp3) is 0.857. The molecule has 0 aliphatic heterocycles. The average Bonchev–Trinajstić information content (AvgIpc) is 1.87. The van der Waals surface area contributed by atoms with E-state index in [1.165, 1.54) is 0 Å². The zero-order valence-corrected chi connectivity index (χ0v) is 7.85. The van der Waals surface area contributed by atoms with Crippen molar-refractivity contribution >= 4 is 13.8 Å². The number of nitrogens with one attached hydrogen (secondary N) is 1. The molecule has 0 unspecified atom stereocenters. The number of carbonyl (C=O) groups excluding carboxylic acids is 1. The fourth-order valence-electron chi connectivity index (χ4n) is 0.269. The maximum absolute atomic E-state index is 10.2. The molecule has 0 aromatic carbocycles. The Balaban J connectivity index is 0. The lowest BCUT2D eigenvalue weighted by atomic mass is 10.1. The molecule has 1 amide bonds. The molecule has 64 valence electrons. The van der Waals surface area contributed by atoms with Crippen LogP contribution in [0, 0.1) is 0 Å². The van der Waals surface area contributed by atoms with Gasteiger partial charge in [-0.15, -0.1) is 0 Å². The molecule has 0 aliphatic carbocycles. The summed E-state index contributed by atoms with van der Waals surface area (Å²) >= 11 is 0. The highest BCUT2D eigenvalue weighted by Gasteiger charge is 1.88. The molecule has 0 fully saturated rings. The van der Waals surface area contributed by atoms with Crippen LogP contribution in [0.5, 0.6) is 0 Å². The minimum Gasteiger partial charge on any atom is -0.357 e. The lowest BCUT2D eigenvalue weighted by molar-refractivity contribution is -0.118. The van der Waals surface area contributed by atoms with Crippen LogP contribution in [0.3, 0.4) is 0 Å². The number of hydrogen-bond acceptors (Lipinski definition) is 2. The molecule has 0 aromatic rings. The summed E-state index contributed by atoms with van der Waals surface area (Å²) in [5.41, 5.74) is 0. The molecule has 0 atom stereocenters. The summed E-state index contributed by atoms with van der Waals surface area (Å²) in [6.45, 7) is 2.52. The van der Waals surface area contributed by atoms with Crippen molar-refractivity contribution in [3.63, 3.8) is 0 Å². The third-order valence-electron chi connectivity index (χ3n) is 0.559. The highest BCUT2D eigenvalue weighted by atomic mass is 16.1. The minimum absolute atomic E-state index is 0.0911. The van der Waals surface area contributed by atoms with Gasteiger partial charge in [-0.25, -0.2) is 0 Å². The molecule has 0 aromatic heterocycles. The van der Waals surface area contributed by atoms with Gasteiger partial charge in [-0.2, -0.15) is 0 Å². The summed E-state index contributed by atoms with van der Waals surface area (Å²) in [5.74, 6) is -0.0949. The molecule has 0 aliphatic rings. The van der Waals surface area contributed by atoms with E-state index in [9.17, 15) is 4.79 Å². The molecule has 0 saturated heterocycles. The molecule has 1 N–H and O–H groups in total. The monoisotopic (exact) mass is 156 g/mol. The first-order chi connectivity index (χ1) is 5.04. The molecule has 0 bridgehead atoms. The molecule has 0 rings (SSSR count). The van der Waals surface area contributed by atoms with E-state index in [0.717, 1.165) is 0 Å². The topological polar surface area (TPSA) is 32.3 Å². The van der Waals surface area contributed by atoms with Gasteiger partial charge in [0, 0.05) is 6.54 Å². The fourth-order valence-corrected chi connectivity index (χ4v) is 0.269. The maximum Gasteiger partial charge on any atom is 0.211 e. The van der Waals surface area contributed by atoms with Gasteiger partial charge < -0.3 is 10.2 Å². The Kier molecular flexibility index (Phi) is 11.3. The third-order valence-corrected chi connectivity index (χ3v) is 0.559. The number of hydrogen-bond donors (Lipinski definition) is 1. The SMILES string of the molecule is CN(C)C.[B]CC(=O)NCC. The molecule has 0 spiro atoms. The van der Waals surface area contributed by atoms with E-state index in [1.54, 1.807) is 0 Å². The van der Waals surface area contributed by atoms with Crippen LogP contribution >= 0.6 is 0 Å². The predicted octanol–water partition coefficient (Wildman–Crippen LogP) is -0.113. The average molecular weight is 156 g/mol. The Morgan fingerprint density at radius 1 is 1.45 bits per heavy atom. The summed E-state index contributed by atoms with van der Waals surface area (Å²) in [7, 11) is 10.9. The number of amides is 1. The van der Waals surface area contributed by atoms with E-state index in [-0.39, 0.29) is 12.2 Å². The highest BCUT2D eigenvalue weighted by molar-refractivity contribution is 6.19. The van der Waals surface area contributed by atoms with Crippen molar-refractivity contribution < 1.29 is 4.79 Å². The van der Waals surface area contributed by atoms with Crippen molar-refractivity contribution in [1.82, 2.24) is 10.2 Å². The van der Waals surface area contributed by atoms with Gasteiger partial charge in [0.1, 0.15) is 0 Å². The molecule has 3 nitrogen and oxygen atoms in total. The van der Waals surface area contributed by atoms with Gasteiger partial charge in [0.25, 0.3) is 0 Å². The van der Waals surface area contributed by atoms with E-state index in [2.05, 4.69) is 5.32 Å². The lowest BCUT2D eigenvalue weighted by Gasteiger charge is -1.93. The van der Waals surface area contributed by atoms with Crippen LogP contribution in [-0.4, -0.2) is 46.3 Å². The van der Waals surface area contributed by atoms with Gasteiger partial charge in [0.05, 0.1) is 7.85 Å². The smallest absolute Gasteiger partial charge is 0.211 e. The minimum atomic E-state index is -0.0949. The second-order valence-electron chi connectivity index (χ2n) is 2.50. The van der Waals surface area contributed by atoms with Gasteiger partial charge in [-0.05, 0) is 34.4 Å². The first-order valence-corrected chi connectivity index (χ1v) is 3.62. The largest absolute Gasteiger partial charge is 0.357 e. The highest BCUT2D eigenvalue weighted by Crippen LogP contribution is 1.67. The van der Waals surface area contributed by atoms with Gasteiger partial charge in [0.15, 0.2) is 0 Å². The van der Waals surface area contributed by atoms with Gasteiger partial charge in [0.2, 0.25) is 5.91 Å². The van der Waals surface area contributed by atoms with Crippen LogP contribution in [0.4, 0.5) is 0 Å². The standard InChI is InChI=1S/C4H8BNO.C3H9N/c1-2-6-4(7)3-5;1-4(2)3/h2-3H2,1H3,(H,6,7);1-3H3. The van der Waals surface area contributed by atoms with Crippen molar-refractivity contribution in [2.24, 2.45) is 0 Å². The van der Waals surface area contributed by atoms with E-state index >= 15 is 0 Å². The maximum atomic E-state index is 10.2. The van der Waals surface area contributed by atoms with E-state index < -0.39 is 0 Å². The number of rotatable bonds is 2.